The Bertz CT molecular complexity index is 438. The van der Waals surface area contributed by atoms with Gasteiger partial charge in [0, 0.05) is 28.7 Å². The van der Waals surface area contributed by atoms with Crippen molar-refractivity contribution >= 4 is 15.9 Å². The molecule has 1 aliphatic heterocycles. The van der Waals surface area contributed by atoms with Crippen molar-refractivity contribution in [2.24, 2.45) is 0 Å². The lowest BCUT2D eigenvalue weighted by Crippen LogP contribution is -2.37. The molecule has 4 heteroatoms. The maximum atomic E-state index is 10.0. The highest BCUT2D eigenvalue weighted by atomic mass is 79.9. The molecule has 1 aromatic rings. The number of nitrogens with zero attached hydrogens (tertiary/aromatic N) is 2. The van der Waals surface area contributed by atoms with Gasteiger partial charge >= 0.3 is 0 Å². The van der Waals surface area contributed by atoms with Gasteiger partial charge in [0.05, 0.1) is 0 Å². The van der Waals surface area contributed by atoms with Crippen LogP contribution in [0.2, 0.25) is 0 Å². The minimum atomic E-state index is 0.214. The van der Waals surface area contributed by atoms with Crippen LogP contribution >= 0.6 is 15.9 Å². The lowest BCUT2D eigenvalue weighted by molar-refractivity contribution is 0.183. The number of hydrogen-bond donors (Lipinski definition) is 1. The summed E-state index contributed by atoms with van der Waals surface area (Å²) in [6.45, 7) is 4.40. The van der Waals surface area contributed by atoms with Crippen LogP contribution in [-0.2, 0) is 0 Å². The Morgan fingerprint density at radius 2 is 2.26 bits per heavy atom. The normalized spacial score (nSPS) is 22.1. The summed E-state index contributed by atoms with van der Waals surface area (Å²) < 4.78 is 1.01. The van der Waals surface area contributed by atoms with E-state index in [1.807, 2.05) is 12.1 Å². The monoisotopic (exact) mass is 326 g/mol. The molecular formula is C15H23BrN2O. The second kappa shape index (κ2) is 6.25. The Hall–Kier alpha value is -0.580. The highest BCUT2D eigenvalue weighted by Crippen LogP contribution is 2.31. The first-order chi connectivity index (χ1) is 8.99. The largest absolute Gasteiger partial charge is 0.508 e. The summed E-state index contributed by atoms with van der Waals surface area (Å²) in [5.41, 5.74) is 0.984. The summed E-state index contributed by atoms with van der Waals surface area (Å²) in [6, 6.07) is 6.49. The van der Waals surface area contributed by atoms with Crippen LogP contribution in [0.3, 0.4) is 0 Å². The number of hydrogen-bond acceptors (Lipinski definition) is 3. The number of likely N-dealkylation sites (tertiary alicyclic amines) is 1. The summed E-state index contributed by atoms with van der Waals surface area (Å²) in [4.78, 5) is 4.76. The van der Waals surface area contributed by atoms with Crippen LogP contribution in [0.15, 0.2) is 22.7 Å². The van der Waals surface area contributed by atoms with E-state index in [9.17, 15) is 5.11 Å². The van der Waals surface area contributed by atoms with Gasteiger partial charge in [0.1, 0.15) is 5.75 Å². The number of likely N-dealkylation sites (N-methyl/N-ethyl adjacent to an activating group) is 2. The summed E-state index contributed by atoms with van der Waals surface area (Å²) >= 11 is 3.47. The van der Waals surface area contributed by atoms with Gasteiger partial charge in [-0.1, -0.05) is 15.9 Å². The number of aromatic hydroxyl groups is 1. The third-order valence-corrected chi connectivity index (χ3v) is 4.76. The zero-order chi connectivity index (χ0) is 14.0. The molecule has 1 fully saturated rings. The van der Waals surface area contributed by atoms with Gasteiger partial charge in [-0.2, -0.15) is 0 Å². The van der Waals surface area contributed by atoms with Crippen molar-refractivity contribution in [1.29, 1.82) is 0 Å². The van der Waals surface area contributed by atoms with Gasteiger partial charge in [0.15, 0.2) is 0 Å². The average Bonchev–Trinajstić information content (AvgIpc) is 2.77. The maximum Gasteiger partial charge on any atom is 0.120 e. The van der Waals surface area contributed by atoms with Gasteiger partial charge in [0.2, 0.25) is 0 Å². The van der Waals surface area contributed by atoms with Crippen LogP contribution in [0, 0.1) is 0 Å². The van der Waals surface area contributed by atoms with Crippen LogP contribution in [0.4, 0.5) is 0 Å². The molecule has 2 atom stereocenters. The van der Waals surface area contributed by atoms with Crippen molar-refractivity contribution in [3.8, 4) is 5.75 Å². The molecule has 1 aliphatic rings. The van der Waals surface area contributed by atoms with Gasteiger partial charge in [-0.05, 0) is 58.6 Å². The molecule has 3 nitrogen and oxygen atoms in total. The SMILES string of the molecule is CC(c1cc(Br)ccc1O)N(C)CC1CCCN1C. The number of phenolic OH excluding ortho intramolecular Hbond substituents is 1. The van der Waals surface area contributed by atoms with Gasteiger partial charge < -0.3 is 10.0 Å². The summed E-state index contributed by atoms with van der Waals surface area (Å²) in [5.74, 6) is 0.377. The van der Waals surface area contributed by atoms with E-state index in [2.05, 4.69) is 46.7 Å². The molecule has 1 aromatic carbocycles. The van der Waals surface area contributed by atoms with E-state index >= 15 is 0 Å². The van der Waals surface area contributed by atoms with E-state index in [4.69, 9.17) is 0 Å². The van der Waals surface area contributed by atoms with E-state index < -0.39 is 0 Å². The molecule has 0 saturated carbocycles. The maximum absolute atomic E-state index is 10.0. The minimum absolute atomic E-state index is 0.214. The lowest BCUT2D eigenvalue weighted by atomic mass is 10.1. The van der Waals surface area contributed by atoms with Gasteiger partial charge in [-0.15, -0.1) is 0 Å². The van der Waals surface area contributed by atoms with Crippen molar-refractivity contribution in [2.45, 2.75) is 31.8 Å². The highest BCUT2D eigenvalue weighted by Gasteiger charge is 2.25. The Morgan fingerprint density at radius 1 is 1.53 bits per heavy atom. The number of halogens is 1. The first-order valence-corrected chi connectivity index (χ1v) is 7.67. The zero-order valence-electron chi connectivity index (χ0n) is 11.9. The summed E-state index contributed by atoms with van der Waals surface area (Å²) in [6.07, 6.45) is 2.57. The van der Waals surface area contributed by atoms with Crippen LogP contribution in [0.5, 0.6) is 5.75 Å². The smallest absolute Gasteiger partial charge is 0.120 e. The summed E-state index contributed by atoms with van der Waals surface area (Å²) in [5, 5.41) is 10.0. The fourth-order valence-corrected chi connectivity index (χ4v) is 3.18. The molecule has 1 saturated heterocycles. The number of rotatable bonds is 4. The fraction of sp³-hybridized carbons (Fsp3) is 0.600. The molecule has 0 aromatic heterocycles. The molecule has 0 amide bonds. The van der Waals surface area contributed by atoms with E-state index in [0.29, 0.717) is 11.8 Å². The zero-order valence-corrected chi connectivity index (χ0v) is 13.5. The fourth-order valence-electron chi connectivity index (χ4n) is 2.80. The molecule has 2 rings (SSSR count). The molecule has 106 valence electrons. The van der Waals surface area contributed by atoms with Crippen LogP contribution in [0.25, 0.3) is 0 Å². The van der Waals surface area contributed by atoms with E-state index in [1.54, 1.807) is 6.07 Å². The van der Waals surface area contributed by atoms with Crippen LogP contribution in [-0.4, -0.2) is 48.1 Å². The molecule has 1 heterocycles. The van der Waals surface area contributed by atoms with Crippen molar-refractivity contribution in [2.75, 3.05) is 27.2 Å². The molecule has 0 aliphatic carbocycles. The molecule has 0 radical (unpaired) electrons. The second-order valence-electron chi connectivity index (χ2n) is 5.60. The second-order valence-corrected chi connectivity index (χ2v) is 6.51. The first kappa shape index (κ1) is 14.8. The minimum Gasteiger partial charge on any atom is -0.508 e. The third kappa shape index (κ3) is 3.50. The van der Waals surface area contributed by atoms with Gasteiger partial charge in [0.25, 0.3) is 0 Å². The lowest BCUT2D eigenvalue weighted by Gasteiger charge is -2.30. The third-order valence-electron chi connectivity index (χ3n) is 4.27. The molecule has 1 N–H and O–H groups in total. The molecular weight excluding hydrogens is 304 g/mol. The van der Waals surface area contributed by atoms with Crippen molar-refractivity contribution in [3.05, 3.63) is 28.2 Å². The van der Waals surface area contributed by atoms with E-state index in [1.165, 1.54) is 19.4 Å². The van der Waals surface area contributed by atoms with Crippen molar-refractivity contribution in [1.82, 2.24) is 9.80 Å². The molecule has 0 bridgehead atoms. The van der Waals surface area contributed by atoms with Crippen molar-refractivity contribution in [3.63, 3.8) is 0 Å². The van der Waals surface area contributed by atoms with Crippen LogP contribution < -0.4 is 0 Å². The highest BCUT2D eigenvalue weighted by molar-refractivity contribution is 9.10. The van der Waals surface area contributed by atoms with E-state index in [0.717, 1.165) is 16.6 Å². The number of phenols is 1. The predicted molar refractivity (Wildman–Crippen MR) is 82.5 cm³/mol. The average molecular weight is 327 g/mol. The van der Waals surface area contributed by atoms with Gasteiger partial charge in [-0.25, -0.2) is 0 Å². The molecule has 2 unspecified atom stereocenters. The topological polar surface area (TPSA) is 26.7 Å². The molecule has 19 heavy (non-hydrogen) atoms. The Morgan fingerprint density at radius 3 is 2.89 bits per heavy atom. The number of benzene rings is 1. The quantitative estimate of drug-likeness (QED) is 0.920. The summed E-state index contributed by atoms with van der Waals surface area (Å²) in [7, 11) is 4.34. The Kier molecular flexibility index (Phi) is 4.87. The van der Waals surface area contributed by atoms with E-state index in [-0.39, 0.29) is 6.04 Å². The predicted octanol–water partition coefficient (Wildman–Crippen LogP) is 3.24. The standard InChI is InChI=1S/C15H23BrN2O/c1-11(14-9-12(16)6-7-15(14)19)18(3)10-13-5-4-8-17(13)2/h6-7,9,11,13,19H,4-5,8,10H2,1-3H3. The van der Waals surface area contributed by atoms with Crippen molar-refractivity contribution < 1.29 is 5.11 Å². The Balaban J connectivity index is 2.05. The van der Waals surface area contributed by atoms with Crippen LogP contribution in [0.1, 0.15) is 31.4 Å². The molecule has 0 spiro atoms. The van der Waals surface area contributed by atoms with Gasteiger partial charge in [-0.3, -0.25) is 4.90 Å². The Labute approximate surface area is 124 Å². The first-order valence-electron chi connectivity index (χ1n) is 6.88.